The van der Waals surface area contributed by atoms with Crippen LogP contribution in [0.2, 0.25) is 38.3 Å². The average molecular weight is 393 g/mol. The van der Waals surface area contributed by atoms with E-state index in [2.05, 4.69) is 36.8 Å². The van der Waals surface area contributed by atoms with Crippen LogP contribution in [0.5, 0.6) is 0 Å². The SMILES string of the molecule is CCOCCNCCC[Si](C)(C)O[Si](C)(C)CCCNCCOCC. The molecule has 25 heavy (non-hydrogen) atoms. The van der Waals surface area contributed by atoms with E-state index in [4.69, 9.17) is 13.6 Å². The first kappa shape index (κ1) is 25.2. The van der Waals surface area contributed by atoms with E-state index in [1.165, 1.54) is 24.9 Å². The van der Waals surface area contributed by atoms with Crippen LogP contribution in [0.3, 0.4) is 0 Å². The van der Waals surface area contributed by atoms with Crippen molar-refractivity contribution in [2.24, 2.45) is 0 Å². The predicted molar refractivity (Wildman–Crippen MR) is 114 cm³/mol. The maximum absolute atomic E-state index is 6.69. The molecule has 0 atom stereocenters. The molecular formula is C18H44N2O3Si2. The van der Waals surface area contributed by atoms with E-state index in [1.807, 2.05) is 13.8 Å². The van der Waals surface area contributed by atoms with Gasteiger partial charge in [0.2, 0.25) is 0 Å². The van der Waals surface area contributed by atoms with Crippen molar-refractivity contribution in [1.29, 1.82) is 0 Å². The van der Waals surface area contributed by atoms with Gasteiger partial charge in [-0.05, 0) is 78.1 Å². The number of hydrogen-bond acceptors (Lipinski definition) is 5. The van der Waals surface area contributed by atoms with Crippen molar-refractivity contribution in [1.82, 2.24) is 10.6 Å². The first-order valence-electron chi connectivity index (χ1n) is 10.1. The van der Waals surface area contributed by atoms with Crippen molar-refractivity contribution in [3.8, 4) is 0 Å². The maximum Gasteiger partial charge on any atom is 0.173 e. The van der Waals surface area contributed by atoms with Gasteiger partial charge in [-0.15, -0.1) is 0 Å². The Hall–Kier alpha value is 0.234. The van der Waals surface area contributed by atoms with Crippen LogP contribution in [-0.4, -0.2) is 69.2 Å². The second-order valence-corrected chi connectivity index (χ2v) is 16.6. The molecule has 0 heterocycles. The molecule has 0 aliphatic carbocycles. The molecule has 0 aromatic rings. The molecule has 0 saturated heterocycles. The Morgan fingerprint density at radius 1 is 0.640 bits per heavy atom. The quantitative estimate of drug-likeness (QED) is 0.276. The number of hydrogen-bond donors (Lipinski definition) is 2. The molecule has 5 nitrogen and oxygen atoms in total. The summed E-state index contributed by atoms with van der Waals surface area (Å²) in [7, 11) is -3.10. The molecular weight excluding hydrogens is 348 g/mol. The standard InChI is InChI=1S/C18H44N2O3Si2/c1-7-21-15-13-19-11-9-17-24(3,4)23-25(5,6)18-10-12-20-14-16-22-8-2/h19-20H,7-18H2,1-6H3. The Labute approximate surface area is 158 Å². The van der Waals surface area contributed by atoms with Gasteiger partial charge < -0.3 is 24.2 Å². The summed E-state index contributed by atoms with van der Waals surface area (Å²) in [6.45, 7) is 20.8. The third-order valence-corrected chi connectivity index (χ3v) is 11.6. The lowest BCUT2D eigenvalue weighted by Crippen LogP contribution is -2.44. The minimum atomic E-state index is -1.55. The number of ether oxygens (including phenoxy) is 2. The molecule has 152 valence electrons. The summed E-state index contributed by atoms with van der Waals surface area (Å²) in [6.07, 6.45) is 2.41. The summed E-state index contributed by atoms with van der Waals surface area (Å²) < 4.78 is 17.4. The number of rotatable bonds is 18. The summed E-state index contributed by atoms with van der Waals surface area (Å²) >= 11 is 0. The third kappa shape index (κ3) is 17.4. The van der Waals surface area contributed by atoms with Gasteiger partial charge in [0.15, 0.2) is 16.6 Å². The van der Waals surface area contributed by atoms with Gasteiger partial charge in [-0.1, -0.05) is 0 Å². The van der Waals surface area contributed by atoms with Crippen LogP contribution in [0.15, 0.2) is 0 Å². The smallest absolute Gasteiger partial charge is 0.173 e. The molecule has 0 aliphatic rings. The third-order valence-electron chi connectivity index (χ3n) is 4.07. The fourth-order valence-electron chi connectivity index (χ4n) is 2.96. The van der Waals surface area contributed by atoms with Crippen molar-refractivity contribution in [3.63, 3.8) is 0 Å². The zero-order valence-corrected chi connectivity index (χ0v) is 19.7. The highest BCUT2D eigenvalue weighted by Gasteiger charge is 2.32. The Bertz CT molecular complexity index is 278. The second-order valence-electron chi connectivity index (χ2n) is 7.72. The van der Waals surface area contributed by atoms with Gasteiger partial charge >= 0.3 is 0 Å². The largest absolute Gasteiger partial charge is 0.455 e. The average Bonchev–Trinajstić information content (AvgIpc) is 2.52. The molecule has 0 saturated carbocycles. The Balaban J connectivity index is 3.77. The van der Waals surface area contributed by atoms with Crippen LogP contribution in [-0.2, 0) is 13.6 Å². The van der Waals surface area contributed by atoms with E-state index in [0.717, 1.165) is 52.6 Å². The summed E-state index contributed by atoms with van der Waals surface area (Å²) in [5.41, 5.74) is 0. The molecule has 0 bridgehead atoms. The summed E-state index contributed by atoms with van der Waals surface area (Å²) in [6, 6.07) is 2.47. The molecule has 0 fully saturated rings. The van der Waals surface area contributed by atoms with Crippen LogP contribution in [0.4, 0.5) is 0 Å². The van der Waals surface area contributed by atoms with Gasteiger partial charge in [0.1, 0.15) is 0 Å². The molecule has 0 amide bonds. The van der Waals surface area contributed by atoms with E-state index in [9.17, 15) is 0 Å². The Morgan fingerprint density at radius 2 is 1.04 bits per heavy atom. The van der Waals surface area contributed by atoms with Gasteiger partial charge in [-0.2, -0.15) is 0 Å². The van der Waals surface area contributed by atoms with Crippen molar-refractivity contribution in [2.75, 3.05) is 52.6 Å². The highest BCUT2D eigenvalue weighted by atomic mass is 28.4. The number of nitrogens with one attached hydrogen (secondary N) is 2. The zero-order chi connectivity index (χ0) is 19.0. The van der Waals surface area contributed by atoms with Crippen LogP contribution in [0.25, 0.3) is 0 Å². The second kappa shape index (κ2) is 15.3. The molecule has 0 radical (unpaired) electrons. The van der Waals surface area contributed by atoms with Crippen LogP contribution >= 0.6 is 0 Å². The molecule has 0 aromatic heterocycles. The molecule has 0 rings (SSSR count). The zero-order valence-electron chi connectivity index (χ0n) is 17.7. The normalized spacial score (nSPS) is 12.7. The monoisotopic (exact) mass is 392 g/mol. The van der Waals surface area contributed by atoms with E-state index < -0.39 is 16.6 Å². The molecule has 0 aliphatic heterocycles. The molecule has 7 heteroatoms. The van der Waals surface area contributed by atoms with Gasteiger partial charge in [-0.3, -0.25) is 0 Å². The first-order valence-corrected chi connectivity index (χ1v) is 16.3. The minimum absolute atomic E-state index is 0.803. The fraction of sp³-hybridized carbons (Fsp3) is 1.00. The van der Waals surface area contributed by atoms with E-state index in [1.54, 1.807) is 0 Å². The Morgan fingerprint density at radius 3 is 1.40 bits per heavy atom. The molecule has 0 spiro atoms. The molecule has 2 N–H and O–H groups in total. The summed E-state index contributed by atoms with van der Waals surface area (Å²) in [4.78, 5) is 0. The van der Waals surface area contributed by atoms with Gasteiger partial charge in [0.05, 0.1) is 13.2 Å². The van der Waals surface area contributed by atoms with Crippen molar-refractivity contribution in [3.05, 3.63) is 0 Å². The van der Waals surface area contributed by atoms with E-state index >= 15 is 0 Å². The molecule has 0 aromatic carbocycles. The van der Waals surface area contributed by atoms with Crippen molar-refractivity contribution in [2.45, 2.75) is 65.0 Å². The first-order chi connectivity index (χ1) is 11.8. The fourth-order valence-corrected chi connectivity index (χ4v) is 11.8. The van der Waals surface area contributed by atoms with Crippen LogP contribution < -0.4 is 10.6 Å². The van der Waals surface area contributed by atoms with Gasteiger partial charge in [0.25, 0.3) is 0 Å². The van der Waals surface area contributed by atoms with Gasteiger partial charge in [0, 0.05) is 26.3 Å². The van der Waals surface area contributed by atoms with E-state index in [0.29, 0.717) is 0 Å². The molecule has 0 unspecified atom stereocenters. The predicted octanol–water partition coefficient (Wildman–Crippen LogP) is 3.45. The Kier molecular flexibility index (Phi) is 15.5. The highest BCUT2D eigenvalue weighted by Crippen LogP contribution is 2.23. The minimum Gasteiger partial charge on any atom is -0.455 e. The van der Waals surface area contributed by atoms with Crippen LogP contribution in [0.1, 0.15) is 26.7 Å². The lowest BCUT2D eigenvalue weighted by molar-refractivity contribution is 0.149. The summed E-state index contributed by atoms with van der Waals surface area (Å²) in [5, 5.41) is 6.91. The highest BCUT2D eigenvalue weighted by molar-refractivity contribution is 6.84. The topological polar surface area (TPSA) is 51.8 Å². The van der Waals surface area contributed by atoms with Crippen molar-refractivity contribution < 1.29 is 13.6 Å². The van der Waals surface area contributed by atoms with E-state index in [-0.39, 0.29) is 0 Å². The lowest BCUT2D eigenvalue weighted by Gasteiger charge is -2.34. The van der Waals surface area contributed by atoms with Crippen LogP contribution in [0, 0.1) is 0 Å². The van der Waals surface area contributed by atoms with Crippen molar-refractivity contribution >= 4 is 16.6 Å². The summed E-state index contributed by atoms with van der Waals surface area (Å²) in [5.74, 6) is 0. The lowest BCUT2D eigenvalue weighted by atomic mass is 10.5. The maximum atomic E-state index is 6.69. The van der Waals surface area contributed by atoms with Gasteiger partial charge in [-0.25, -0.2) is 0 Å².